The lowest BCUT2D eigenvalue weighted by Crippen LogP contribution is -2.29. The lowest BCUT2D eigenvalue weighted by atomic mass is 10.00. The average molecular weight is 476 g/mol. The number of aromatic hydroxyl groups is 1. The number of hydrogen-bond donors (Lipinski definition) is 1. The van der Waals surface area contributed by atoms with E-state index in [1.165, 1.54) is 19.3 Å². The molecule has 152 valence electrons. The van der Waals surface area contributed by atoms with E-state index in [0.717, 1.165) is 40.9 Å². The number of piperidine rings is 1. The second-order valence-electron chi connectivity index (χ2n) is 7.74. The van der Waals surface area contributed by atoms with Crippen molar-refractivity contribution in [3.63, 3.8) is 0 Å². The van der Waals surface area contributed by atoms with E-state index in [-0.39, 0.29) is 11.5 Å². The molecule has 1 aliphatic heterocycles. The van der Waals surface area contributed by atoms with Crippen LogP contribution in [0.25, 0.3) is 16.6 Å². The van der Waals surface area contributed by atoms with Crippen molar-refractivity contribution in [2.45, 2.75) is 39.7 Å². The third kappa shape index (κ3) is 3.72. The number of fused-ring (bicyclic) bond motifs is 1. The van der Waals surface area contributed by atoms with Gasteiger partial charge in [-0.05, 0) is 86.0 Å². The molecule has 0 amide bonds. The minimum atomic E-state index is 0.00169. The number of benzene rings is 2. The number of rotatable bonds is 4. The van der Waals surface area contributed by atoms with E-state index in [2.05, 4.69) is 25.4 Å². The number of ketones is 1. The maximum atomic E-state index is 12.7. The number of nitrogens with zero attached hydrogens (tertiary/aromatic N) is 2. The highest BCUT2D eigenvalue weighted by atomic mass is 79.9. The predicted octanol–water partition coefficient (Wildman–Crippen LogP) is 6.25. The number of likely N-dealkylation sites (tertiary alicyclic amines) is 1. The van der Waals surface area contributed by atoms with Crippen molar-refractivity contribution < 1.29 is 9.90 Å². The fourth-order valence-electron chi connectivity index (χ4n) is 4.46. The number of carbonyl (C=O) groups excluding carboxylic acids is 1. The van der Waals surface area contributed by atoms with Gasteiger partial charge in [-0.1, -0.05) is 18.0 Å². The SMILES string of the molecule is CC(=O)c1c(C)n(-c2ccc(Cl)cc2)c2cc(Br)c(O)c(CN3CCCCC3)c12. The first-order valence-electron chi connectivity index (χ1n) is 9.93. The summed E-state index contributed by atoms with van der Waals surface area (Å²) in [5, 5.41) is 12.4. The molecule has 29 heavy (non-hydrogen) atoms. The average Bonchev–Trinajstić information content (AvgIpc) is 2.99. The van der Waals surface area contributed by atoms with Crippen LogP contribution in [-0.4, -0.2) is 33.4 Å². The summed E-state index contributed by atoms with van der Waals surface area (Å²) in [7, 11) is 0. The number of carbonyl (C=O) groups is 1. The van der Waals surface area contributed by atoms with Crippen LogP contribution in [0.4, 0.5) is 0 Å². The normalized spacial score (nSPS) is 15.2. The van der Waals surface area contributed by atoms with Gasteiger partial charge in [0.05, 0.1) is 9.99 Å². The summed E-state index contributed by atoms with van der Waals surface area (Å²) in [4.78, 5) is 15.0. The Balaban J connectivity index is 2.00. The fraction of sp³-hybridized carbons (Fsp3) is 0.348. The van der Waals surface area contributed by atoms with E-state index in [1.807, 2.05) is 37.3 Å². The molecule has 0 atom stereocenters. The lowest BCUT2D eigenvalue weighted by Gasteiger charge is -2.27. The molecule has 0 radical (unpaired) electrons. The van der Waals surface area contributed by atoms with E-state index < -0.39 is 0 Å². The number of phenols is 1. The maximum absolute atomic E-state index is 12.7. The van der Waals surface area contributed by atoms with Crippen molar-refractivity contribution in [2.24, 2.45) is 0 Å². The van der Waals surface area contributed by atoms with Gasteiger partial charge in [0, 0.05) is 39.5 Å². The molecule has 0 unspecified atom stereocenters. The zero-order chi connectivity index (χ0) is 20.7. The minimum Gasteiger partial charge on any atom is -0.506 e. The molecule has 1 aromatic heterocycles. The molecule has 3 aromatic rings. The second kappa shape index (κ2) is 8.13. The molecule has 4 rings (SSSR count). The van der Waals surface area contributed by atoms with Crippen LogP contribution < -0.4 is 0 Å². The number of Topliss-reactive ketones (excluding diaryl/α,β-unsaturated/α-hetero) is 1. The van der Waals surface area contributed by atoms with Crippen molar-refractivity contribution in [1.29, 1.82) is 0 Å². The Hall–Kier alpha value is -1.82. The smallest absolute Gasteiger partial charge is 0.162 e. The summed E-state index contributed by atoms with van der Waals surface area (Å²) in [5.74, 6) is 0.223. The van der Waals surface area contributed by atoms with Gasteiger partial charge in [0.25, 0.3) is 0 Å². The van der Waals surface area contributed by atoms with Gasteiger partial charge in [-0.25, -0.2) is 0 Å². The molecular formula is C23H24BrClN2O2. The summed E-state index contributed by atoms with van der Waals surface area (Å²) in [5.41, 5.74) is 4.20. The van der Waals surface area contributed by atoms with Gasteiger partial charge in [0.2, 0.25) is 0 Å². The molecule has 2 heterocycles. The number of phenolic OH excluding ortho intramolecular Hbond substituents is 1. The van der Waals surface area contributed by atoms with Crippen LogP contribution in [0.2, 0.25) is 5.02 Å². The highest BCUT2D eigenvalue weighted by Crippen LogP contribution is 2.41. The van der Waals surface area contributed by atoms with E-state index in [9.17, 15) is 9.90 Å². The van der Waals surface area contributed by atoms with Gasteiger partial charge in [-0.15, -0.1) is 0 Å². The summed E-state index contributed by atoms with van der Waals surface area (Å²) in [6.07, 6.45) is 3.59. The summed E-state index contributed by atoms with van der Waals surface area (Å²) >= 11 is 9.62. The van der Waals surface area contributed by atoms with Gasteiger partial charge in [-0.2, -0.15) is 0 Å². The van der Waals surface area contributed by atoms with Gasteiger partial charge in [0.1, 0.15) is 5.75 Å². The quantitative estimate of drug-likeness (QED) is 0.454. The molecule has 0 aliphatic carbocycles. The Morgan fingerprint density at radius 1 is 1.17 bits per heavy atom. The molecule has 1 N–H and O–H groups in total. The first kappa shape index (κ1) is 20.5. The zero-order valence-electron chi connectivity index (χ0n) is 16.6. The first-order valence-corrected chi connectivity index (χ1v) is 11.1. The molecular weight excluding hydrogens is 452 g/mol. The van der Waals surface area contributed by atoms with Crippen molar-refractivity contribution >= 4 is 44.2 Å². The molecule has 6 heteroatoms. The predicted molar refractivity (Wildman–Crippen MR) is 122 cm³/mol. The topological polar surface area (TPSA) is 45.5 Å². The van der Waals surface area contributed by atoms with E-state index in [4.69, 9.17) is 11.6 Å². The lowest BCUT2D eigenvalue weighted by molar-refractivity contribution is 0.101. The Kier molecular flexibility index (Phi) is 5.74. The largest absolute Gasteiger partial charge is 0.506 e. The third-order valence-electron chi connectivity index (χ3n) is 5.79. The number of hydrogen-bond acceptors (Lipinski definition) is 3. The first-order chi connectivity index (χ1) is 13.9. The van der Waals surface area contributed by atoms with Crippen molar-refractivity contribution in [3.05, 3.63) is 56.6 Å². The minimum absolute atomic E-state index is 0.00169. The third-order valence-corrected chi connectivity index (χ3v) is 6.65. The van der Waals surface area contributed by atoms with E-state index in [0.29, 0.717) is 21.6 Å². The Morgan fingerprint density at radius 3 is 2.45 bits per heavy atom. The fourth-order valence-corrected chi connectivity index (χ4v) is 5.04. The van der Waals surface area contributed by atoms with Crippen molar-refractivity contribution in [2.75, 3.05) is 13.1 Å². The van der Waals surface area contributed by atoms with E-state index >= 15 is 0 Å². The Labute approximate surface area is 184 Å². The van der Waals surface area contributed by atoms with Crippen LogP contribution in [0.15, 0.2) is 34.8 Å². The molecule has 1 saturated heterocycles. The summed E-state index contributed by atoms with van der Waals surface area (Å²) in [6, 6.07) is 9.49. The molecule has 1 aliphatic rings. The van der Waals surface area contributed by atoms with Gasteiger partial charge in [-0.3, -0.25) is 9.69 Å². The standard InChI is InChI=1S/C23H24BrClN2O2/c1-14-21(15(2)28)22-18(13-26-10-4-3-5-11-26)23(29)19(24)12-20(22)27(14)17-8-6-16(25)7-9-17/h6-9,12,29H,3-5,10-11,13H2,1-2H3. The van der Waals surface area contributed by atoms with Crippen LogP contribution in [0.1, 0.15) is 47.8 Å². The molecule has 4 nitrogen and oxygen atoms in total. The molecule has 0 spiro atoms. The monoisotopic (exact) mass is 474 g/mol. The Morgan fingerprint density at radius 2 is 1.83 bits per heavy atom. The van der Waals surface area contributed by atoms with Crippen LogP contribution in [-0.2, 0) is 6.54 Å². The van der Waals surface area contributed by atoms with Gasteiger partial charge >= 0.3 is 0 Å². The van der Waals surface area contributed by atoms with Crippen LogP contribution in [0.5, 0.6) is 5.75 Å². The van der Waals surface area contributed by atoms with Crippen LogP contribution >= 0.6 is 27.5 Å². The van der Waals surface area contributed by atoms with E-state index in [1.54, 1.807) is 6.92 Å². The molecule has 2 aromatic carbocycles. The summed E-state index contributed by atoms with van der Waals surface area (Å²) < 4.78 is 2.71. The number of halogens is 2. The van der Waals surface area contributed by atoms with Gasteiger partial charge < -0.3 is 9.67 Å². The zero-order valence-corrected chi connectivity index (χ0v) is 19.0. The Bertz CT molecular complexity index is 1080. The highest BCUT2D eigenvalue weighted by molar-refractivity contribution is 9.10. The maximum Gasteiger partial charge on any atom is 0.162 e. The number of aromatic nitrogens is 1. The molecule has 1 fully saturated rings. The summed E-state index contributed by atoms with van der Waals surface area (Å²) in [6.45, 7) is 6.21. The highest BCUT2D eigenvalue weighted by Gasteiger charge is 2.25. The molecule has 0 bridgehead atoms. The second-order valence-corrected chi connectivity index (χ2v) is 9.04. The van der Waals surface area contributed by atoms with Crippen molar-refractivity contribution in [3.8, 4) is 11.4 Å². The van der Waals surface area contributed by atoms with Crippen molar-refractivity contribution in [1.82, 2.24) is 9.47 Å². The van der Waals surface area contributed by atoms with Gasteiger partial charge in [0.15, 0.2) is 5.78 Å². The van der Waals surface area contributed by atoms with Crippen LogP contribution in [0.3, 0.4) is 0 Å². The molecule has 0 saturated carbocycles. The van der Waals surface area contributed by atoms with Crippen LogP contribution in [0, 0.1) is 6.92 Å².